The van der Waals surface area contributed by atoms with Crippen LogP contribution in [0, 0.1) is 13.8 Å². The maximum Gasteiger partial charge on any atom is 0.177 e. The molecule has 1 nitrogen and oxygen atoms in total. The second kappa shape index (κ2) is 5.43. The molecule has 0 bridgehead atoms. The summed E-state index contributed by atoms with van der Waals surface area (Å²) >= 11 is 13.5. The number of aryl methyl sites for hydroxylation is 2. The van der Waals surface area contributed by atoms with Crippen LogP contribution < -0.4 is 0 Å². The molecular weight excluding hydrogens is 287 g/mol. The minimum atomic E-state index is 0.0837. The summed E-state index contributed by atoms with van der Waals surface area (Å²) in [6, 6.07) is 7.12. The quantitative estimate of drug-likeness (QED) is 0.721. The standard InChI is InChI=1S/C14H12Cl2OS/c1-8-5-14(18-9(8)2)13(17)7-10-6-11(15)3-4-12(10)16/h3-6H,7H2,1-2H3. The SMILES string of the molecule is Cc1cc(C(=O)Cc2cc(Cl)ccc2Cl)sc1C. The van der Waals surface area contributed by atoms with Crippen molar-refractivity contribution in [1.29, 1.82) is 0 Å². The number of benzene rings is 1. The minimum Gasteiger partial charge on any atom is -0.293 e. The van der Waals surface area contributed by atoms with Gasteiger partial charge in [-0.15, -0.1) is 11.3 Å². The van der Waals surface area contributed by atoms with Gasteiger partial charge >= 0.3 is 0 Å². The molecule has 2 rings (SSSR count). The molecule has 0 atom stereocenters. The van der Waals surface area contributed by atoms with E-state index in [1.54, 1.807) is 18.2 Å². The molecule has 0 aliphatic carbocycles. The first-order valence-corrected chi connectivity index (χ1v) is 7.09. The number of ketones is 1. The summed E-state index contributed by atoms with van der Waals surface area (Å²) in [5, 5.41) is 1.18. The Bertz CT molecular complexity index is 582. The second-order valence-corrected chi connectivity index (χ2v) is 6.29. The molecule has 0 fully saturated rings. The number of Topliss-reactive ketones (excluding diaryl/α,β-unsaturated/α-hetero) is 1. The zero-order valence-electron chi connectivity index (χ0n) is 10.1. The predicted molar refractivity (Wildman–Crippen MR) is 78.3 cm³/mol. The molecule has 2 aromatic rings. The summed E-state index contributed by atoms with van der Waals surface area (Å²) in [4.78, 5) is 14.1. The van der Waals surface area contributed by atoms with Crippen LogP contribution in [-0.2, 0) is 6.42 Å². The van der Waals surface area contributed by atoms with Crippen molar-refractivity contribution in [3.05, 3.63) is 55.2 Å². The zero-order valence-corrected chi connectivity index (χ0v) is 12.4. The lowest BCUT2D eigenvalue weighted by Gasteiger charge is -2.03. The molecule has 0 saturated carbocycles. The van der Waals surface area contributed by atoms with E-state index in [9.17, 15) is 4.79 Å². The summed E-state index contributed by atoms with van der Waals surface area (Å²) in [6.07, 6.45) is 0.290. The fourth-order valence-corrected chi connectivity index (χ4v) is 3.00. The van der Waals surface area contributed by atoms with Gasteiger partial charge in [-0.25, -0.2) is 0 Å². The van der Waals surface area contributed by atoms with Gasteiger partial charge in [-0.2, -0.15) is 0 Å². The Morgan fingerprint density at radius 3 is 2.56 bits per heavy atom. The first kappa shape index (κ1) is 13.6. The predicted octanol–water partition coefficient (Wildman–Crippen LogP) is 5.10. The van der Waals surface area contributed by atoms with Gasteiger partial charge in [0.1, 0.15) is 0 Å². The van der Waals surface area contributed by atoms with Gasteiger partial charge in [0.15, 0.2) is 5.78 Å². The Morgan fingerprint density at radius 2 is 1.94 bits per heavy atom. The summed E-state index contributed by atoms with van der Waals surface area (Å²) < 4.78 is 0. The van der Waals surface area contributed by atoms with Crippen LogP contribution in [0.1, 0.15) is 25.7 Å². The van der Waals surface area contributed by atoms with Gasteiger partial charge in [0.2, 0.25) is 0 Å². The maximum absolute atomic E-state index is 12.2. The van der Waals surface area contributed by atoms with Crippen LogP contribution in [0.4, 0.5) is 0 Å². The Balaban J connectivity index is 2.23. The van der Waals surface area contributed by atoms with Crippen molar-refractivity contribution in [2.75, 3.05) is 0 Å². The van der Waals surface area contributed by atoms with Gasteiger partial charge in [0, 0.05) is 21.3 Å². The smallest absolute Gasteiger partial charge is 0.177 e. The third-order valence-corrected chi connectivity index (χ3v) is 4.60. The first-order chi connectivity index (χ1) is 8.47. The molecule has 0 amide bonds. The molecule has 0 radical (unpaired) electrons. The van der Waals surface area contributed by atoms with Gasteiger partial charge in [-0.1, -0.05) is 23.2 Å². The molecule has 0 unspecified atom stereocenters. The Hall–Kier alpha value is -0.830. The lowest BCUT2D eigenvalue weighted by molar-refractivity contribution is 0.0997. The monoisotopic (exact) mass is 298 g/mol. The fourth-order valence-electron chi connectivity index (χ4n) is 1.65. The van der Waals surface area contributed by atoms with Crippen LogP contribution >= 0.6 is 34.5 Å². The number of carbonyl (C=O) groups is 1. The summed E-state index contributed by atoms with van der Waals surface area (Å²) in [6.45, 7) is 4.03. The molecule has 0 N–H and O–H groups in total. The molecule has 4 heteroatoms. The highest BCUT2D eigenvalue weighted by Crippen LogP contribution is 2.25. The number of rotatable bonds is 3. The lowest BCUT2D eigenvalue weighted by Crippen LogP contribution is -2.01. The highest BCUT2D eigenvalue weighted by molar-refractivity contribution is 7.14. The molecule has 1 heterocycles. The van der Waals surface area contributed by atoms with Crippen LogP contribution in [0.15, 0.2) is 24.3 Å². The van der Waals surface area contributed by atoms with Crippen LogP contribution in [-0.4, -0.2) is 5.78 Å². The van der Waals surface area contributed by atoms with Gasteiger partial charge in [0.25, 0.3) is 0 Å². The second-order valence-electron chi connectivity index (χ2n) is 4.19. The molecule has 0 saturated heterocycles. The highest BCUT2D eigenvalue weighted by Gasteiger charge is 2.13. The van der Waals surface area contributed by atoms with Crippen LogP contribution in [0.3, 0.4) is 0 Å². The first-order valence-electron chi connectivity index (χ1n) is 5.51. The van der Waals surface area contributed by atoms with Crippen molar-refractivity contribution < 1.29 is 4.79 Å². The van der Waals surface area contributed by atoms with E-state index in [1.807, 2.05) is 19.9 Å². The molecule has 0 aliphatic heterocycles. The molecule has 1 aromatic carbocycles. The van der Waals surface area contributed by atoms with Crippen molar-refractivity contribution in [3.8, 4) is 0 Å². The number of halogens is 2. The normalized spacial score (nSPS) is 10.7. The van der Waals surface area contributed by atoms with Crippen LogP contribution in [0.2, 0.25) is 10.0 Å². The van der Waals surface area contributed by atoms with Crippen LogP contribution in [0.25, 0.3) is 0 Å². The maximum atomic E-state index is 12.2. The third kappa shape index (κ3) is 2.94. The highest BCUT2D eigenvalue weighted by atomic mass is 35.5. The van der Waals surface area contributed by atoms with Gasteiger partial charge in [0.05, 0.1) is 4.88 Å². The fraction of sp³-hybridized carbons (Fsp3) is 0.214. The van der Waals surface area contributed by atoms with Crippen molar-refractivity contribution >= 4 is 40.3 Å². The average Bonchev–Trinajstić information content (AvgIpc) is 2.64. The summed E-state index contributed by atoms with van der Waals surface area (Å²) in [5.74, 6) is 0.0837. The van der Waals surface area contributed by atoms with E-state index in [0.717, 1.165) is 16.0 Å². The van der Waals surface area contributed by atoms with E-state index in [4.69, 9.17) is 23.2 Å². The van der Waals surface area contributed by atoms with Crippen molar-refractivity contribution in [1.82, 2.24) is 0 Å². The molecule has 94 valence electrons. The van der Waals surface area contributed by atoms with E-state index < -0.39 is 0 Å². The van der Waals surface area contributed by atoms with Crippen molar-refractivity contribution in [2.45, 2.75) is 20.3 Å². The van der Waals surface area contributed by atoms with Crippen molar-refractivity contribution in [2.24, 2.45) is 0 Å². The molecule has 0 spiro atoms. The van der Waals surface area contributed by atoms with E-state index in [-0.39, 0.29) is 5.78 Å². The average molecular weight is 299 g/mol. The topological polar surface area (TPSA) is 17.1 Å². The summed E-state index contributed by atoms with van der Waals surface area (Å²) in [7, 11) is 0. The molecule has 1 aromatic heterocycles. The van der Waals surface area contributed by atoms with E-state index in [2.05, 4.69) is 0 Å². The largest absolute Gasteiger partial charge is 0.293 e. The zero-order chi connectivity index (χ0) is 13.3. The molecular formula is C14H12Cl2OS. The Labute approximate surface area is 120 Å². The van der Waals surface area contributed by atoms with E-state index >= 15 is 0 Å². The Morgan fingerprint density at radius 1 is 1.22 bits per heavy atom. The summed E-state index contributed by atoms with van der Waals surface area (Å²) in [5.41, 5.74) is 1.93. The van der Waals surface area contributed by atoms with Gasteiger partial charge in [-0.05, 0) is 49.2 Å². The number of thiophene rings is 1. The van der Waals surface area contributed by atoms with Gasteiger partial charge in [-0.3, -0.25) is 4.79 Å². The lowest BCUT2D eigenvalue weighted by atomic mass is 10.1. The van der Waals surface area contributed by atoms with Crippen molar-refractivity contribution in [3.63, 3.8) is 0 Å². The molecule has 0 aliphatic rings. The number of carbonyl (C=O) groups excluding carboxylic acids is 1. The minimum absolute atomic E-state index is 0.0837. The Kier molecular flexibility index (Phi) is 4.10. The molecule has 18 heavy (non-hydrogen) atoms. The third-order valence-electron chi connectivity index (χ3n) is 2.80. The number of hydrogen-bond donors (Lipinski definition) is 0. The van der Waals surface area contributed by atoms with Crippen LogP contribution in [0.5, 0.6) is 0 Å². The van der Waals surface area contributed by atoms with E-state index in [0.29, 0.717) is 16.5 Å². The van der Waals surface area contributed by atoms with E-state index in [1.165, 1.54) is 16.2 Å². The number of hydrogen-bond acceptors (Lipinski definition) is 2. The van der Waals surface area contributed by atoms with Gasteiger partial charge < -0.3 is 0 Å².